The second-order valence-electron chi connectivity index (χ2n) is 5.35. The van der Waals surface area contributed by atoms with Gasteiger partial charge in [-0.2, -0.15) is 0 Å². The van der Waals surface area contributed by atoms with Gasteiger partial charge in [0, 0.05) is 23.7 Å². The van der Waals surface area contributed by atoms with Crippen LogP contribution in [0, 0.1) is 5.92 Å². The van der Waals surface area contributed by atoms with Crippen LogP contribution in [0.4, 0.5) is 5.69 Å². The number of likely N-dealkylation sites (tertiary alicyclic amines) is 1. The third-order valence-corrected chi connectivity index (χ3v) is 4.68. The van der Waals surface area contributed by atoms with E-state index in [-0.39, 0.29) is 17.7 Å². The van der Waals surface area contributed by atoms with Crippen LogP contribution < -0.4 is 16.0 Å². The number of piperidine rings is 1. The average Bonchev–Trinajstić information content (AvgIpc) is 2.48. The van der Waals surface area contributed by atoms with Crippen molar-refractivity contribution in [3.63, 3.8) is 0 Å². The van der Waals surface area contributed by atoms with Gasteiger partial charge in [-0.15, -0.1) is 11.8 Å². The van der Waals surface area contributed by atoms with Crippen LogP contribution in [0.1, 0.15) is 12.8 Å². The molecule has 0 saturated carbocycles. The number of carbonyl (C=O) groups excluding carboxylic acids is 2. The van der Waals surface area contributed by atoms with Crippen LogP contribution in [-0.4, -0.2) is 37.7 Å². The van der Waals surface area contributed by atoms with Crippen molar-refractivity contribution in [3.8, 4) is 0 Å². The van der Waals surface area contributed by atoms with Crippen molar-refractivity contribution in [1.29, 1.82) is 0 Å². The number of anilines is 1. The second kappa shape index (κ2) is 7.47. The van der Waals surface area contributed by atoms with Gasteiger partial charge in [-0.25, -0.2) is 0 Å². The summed E-state index contributed by atoms with van der Waals surface area (Å²) in [5.74, 6) is -0.217. The topological polar surface area (TPSA) is 76.6 Å². The van der Waals surface area contributed by atoms with Crippen molar-refractivity contribution < 1.29 is 14.5 Å². The van der Waals surface area contributed by atoms with Crippen LogP contribution in [0.15, 0.2) is 29.2 Å². The fourth-order valence-electron chi connectivity index (χ4n) is 2.66. The van der Waals surface area contributed by atoms with E-state index in [0.717, 1.165) is 36.5 Å². The number of hydrogen-bond acceptors (Lipinski definition) is 3. The van der Waals surface area contributed by atoms with Crippen LogP contribution >= 0.6 is 11.8 Å². The fourth-order valence-corrected chi connectivity index (χ4v) is 3.21. The molecule has 114 valence electrons. The molecule has 1 aromatic carbocycles. The summed E-state index contributed by atoms with van der Waals surface area (Å²) in [5, 5.41) is 2.97. The van der Waals surface area contributed by atoms with Gasteiger partial charge in [-0.1, -0.05) is 12.1 Å². The van der Waals surface area contributed by atoms with E-state index >= 15 is 0 Å². The summed E-state index contributed by atoms with van der Waals surface area (Å²) in [4.78, 5) is 25.5. The van der Waals surface area contributed by atoms with E-state index in [2.05, 4.69) is 5.32 Å². The third-order valence-electron chi connectivity index (χ3n) is 3.89. The van der Waals surface area contributed by atoms with E-state index in [9.17, 15) is 9.59 Å². The van der Waals surface area contributed by atoms with Crippen LogP contribution in [0.2, 0.25) is 0 Å². The number of quaternary nitrogens is 1. The van der Waals surface area contributed by atoms with Gasteiger partial charge in [0.05, 0.1) is 18.8 Å². The number of hydrogen-bond donors (Lipinski definition) is 3. The van der Waals surface area contributed by atoms with Gasteiger partial charge in [0.1, 0.15) is 0 Å². The SMILES string of the molecule is CSc1ccccc1NC(=O)C[NH+]1CCC(C(N)=O)CC1. The van der Waals surface area contributed by atoms with E-state index in [4.69, 9.17) is 5.73 Å². The molecule has 0 radical (unpaired) electrons. The third kappa shape index (κ3) is 4.47. The molecule has 4 N–H and O–H groups in total. The van der Waals surface area contributed by atoms with Crippen LogP contribution in [0.5, 0.6) is 0 Å². The normalized spacial score (nSPS) is 21.8. The molecule has 0 bridgehead atoms. The van der Waals surface area contributed by atoms with Crippen molar-refractivity contribution in [3.05, 3.63) is 24.3 Å². The van der Waals surface area contributed by atoms with Crippen molar-refractivity contribution in [1.82, 2.24) is 0 Å². The first-order chi connectivity index (χ1) is 10.1. The molecular formula is C15H22N3O2S+. The number of primary amides is 1. The Balaban J connectivity index is 1.84. The molecule has 2 amide bonds. The zero-order chi connectivity index (χ0) is 15.2. The van der Waals surface area contributed by atoms with Crippen molar-refractivity contribution >= 4 is 29.3 Å². The molecule has 2 rings (SSSR count). The number of carbonyl (C=O) groups is 2. The lowest BCUT2D eigenvalue weighted by Gasteiger charge is -2.27. The summed E-state index contributed by atoms with van der Waals surface area (Å²) in [6.45, 7) is 2.09. The number of amides is 2. The second-order valence-corrected chi connectivity index (χ2v) is 6.20. The van der Waals surface area contributed by atoms with Crippen molar-refractivity contribution in [2.24, 2.45) is 11.7 Å². The number of thioether (sulfide) groups is 1. The highest BCUT2D eigenvalue weighted by molar-refractivity contribution is 7.98. The Labute approximate surface area is 129 Å². The summed E-state index contributed by atoms with van der Waals surface area (Å²) in [5.41, 5.74) is 6.18. The minimum Gasteiger partial charge on any atom is -0.369 e. The molecule has 0 aromatic heterocycles. The predicted octanol–water partition coefficient (Wildman–Crippen LogP) is 0.127. The number of para-hydroxylation sites is 1. The number of rotatable bonds is 5. The van der Waals surface area contributed by atoms with Gasteiger partial charge in [0.25, 0.3) is 5.91 Å². The lowest BCUT2D eigenvalue weighted by molar-refractivity contribution is -0.897. The van der Waals surface area contributed by atoms with Crippen molar-refractivity contribution in [2.45, 2.75) is 17.7 Å². The standard InChI is InChI=1S/C15H21N3O2S/c1-21-13-5-3-2-4-12(13)17-14(19)10-18-8-6-11(7-9-18)15(16)20/h2-5,11H,6-10H2,1H3,(H2,16,20)(H,17,19)/p+1. The number of benzene rings is 1. The van der Waals surface area contributed by atoms with Gasteiger partial charge in [0.2, 0.25) is 5.91 Å². The molecule has 6 heteroatoms. The van der Waals surface area contributed by atoms with Gasteiger partial charge in [-0.05, 0) is 18.4 Å². The summed E-state index contributed by atoms with van der Waals surface area (Å²) in [7, 11) is 0. The van der Waals surface area contributed by atoms with Gasteiger partial charge < -0.3 is 16.0 Å². The molecule has 1 fully saturated rings. The largest absolute Gasteiger partial charge is 0.369 e. The Bertz CT molecular complexity index is 513. The van der Waals surface area contributed by atoms with Gasteiger partial charge >= 0.3 is 0 Å². The van der Waals surface area contributed by atoms with E-state index in [0.29, 0.717) is 6.54 Å². The first-order valence-electron chi connectivity index (χ1n) is 7.16. The molecule has 0 aliphatic carbocycles. The summed E-state index contributed by atoms with van der Waals surface area (Å²) in [6, 6.07) is 7.78. The number of nitrogens with two attached hydrogens (primary N) is 1. The zero-order valence-electron chi connectivity index (χ0n) is 12.2. The van der Waals surface area contributed by atoms with E-state index in [1.807, 2.05) is 30.5 Å². The van der Waals surface area contributed by atoms with E-state index in [1.54, 1.807) is 11.8 Å². The first kappa shape index (κ1) is 15.9. The Hall–Kier alpha value is -1.53. The quantitative estimate of drug-likeness (QED) is 0.677. The maximum absolute atomic E-state index is 12.1. The molecular weight excluding hydrogens is 286 g/mol. The molecule has 21 heavy (non-hydrogen) atoms. The molecule has 0 unspecified atom stereocenters. The molecule has 0 spiro atoms. The highest BCUT2D eigenvalue weighted by Crippen LogP contribution is 2.24. The smallest absolute Gasteiger partial charge is 0.279 e. The lowest BCUT2D eigenvalue weighted by Crippen LogP contribution is -3.14. The summed E-state index contributed by atoms with van der Waals surface area (Å²) >= 11 is 1.61. The molecule has 1 saturated heterocycles. The zero-order valence-corrected chi connectivity index (χ0v) is 13.0. The van der Waals surface area contributed by atoms with E-state index in [1.165, 1.54) is 4.90 Å². The Morgan fingerprint density at radius 1 is 1.33 bits per heavy atom. The van der Waals surface area contributed by atoms with Crippen LogP contribution in [-0.2, 0) is 9.59 Å². The lowest BCUT2D eigenvalue weighted by atomic mass is 9.96. The first-order valence-corrected chi connectivity index (χ1v) is 8.38. The van der Waals surface area contributed by atoms with Crippen LogP contribution in [0.3, 0.4) is 0 Å². The fraction of sp³-hybridized carbons (Fsp3) is 0.467. The molecule has 1 aliphatic heterocycles. The van der Waals surface area contributed by atoms with Crippen molar-refractivity contribution in [2.75, 3.05) is 31.2 Å². The molecule has 1 aromatic rings. The van der Waals surface area contributed by atoms with Crippen LogP contribution in [0.25, 0.3) is 0 Å². The highest BCUT2D eigenvalue weighted by atomic mass is 32.2. The Kier molecular flexibility index (Phi) is 5.64. The predicted molar refractivity (Wildman–Crippen MR) is 84.3 cm³/mol. The summed E-state index contributed by atoms with van der Waals surface area (Å²) < 4.78 is 0. The van der Waals surface area contributed by atoms with Gasteiger partial charge in [0.15, 0.2) is 6.54 Å². The average molecular weight is 308 g/mol. The molecule has 1 aliphatic rings. The Morgan fingerprint density at radius 3 is 2.62 bits per heavy atom. The molecule has 0 atom stereocenters. The Morgan fingerprint density at radius 2 is 2.00 bits per heavy atom. The monoisotopic (exact) mass is 308 g/mol. The molecule has 1 heterocycles. The maximum Gasteiger partial charge on any atom is 0.279 e. The molecule has 5 nitrogen and oxygen atoms in total. The highest BCUT2D eigenvalue weighted by Gasteiger charge is 2.27. The number of nitrogens with one attached hydrogen (secondary N) is 2. The summed E-state index contributed by atoms with van der Waals surface area (Å²) in [6.07, 6.45) is 3.55. The minimum absolute atomic E-state index is 0.0176. The van der Waals surface area contributed by atoms with E-state index < -0.39 is 0 Å². The maximum atomic E-state index is 12.1. The minimum atomic E-state index is -0.215. The van der Waals surface area contributed by atoms with Gasteiger partial charge in [-0.3, -0.25) is 9.59 Å².